The molecular weight excluding hydrogens is 221 g/mol. The zero-order valence-electron chi connectivity index (χ0n) is 7.97. The summed E-state index contributed by atoms with van der Waals surface area (Å²) in [6.07, 6.45) is 0. The lowest BCUT2D eigenvalue weighted by molar-refractivity contribution is 0.273. The van der Waals surface area contributed by atoms with Crippen molar-refractivity contribution in [1.29, 1.82) is 0 Å². The minimum Gasteiger partial charge on any atom is -0.422 e. The van der Waals surface area contributed by atoms with E-state index >= 15 is 0 Å². The largest absolute Gasteiger partial charge is 0.422 e. The number of hydrogen-bond donors (Lipinski definition) is 1. The maximum Gasteiger partial charge on any atom is 0.380 e. The maximum atomic E-state index is 5.67. The van der Waals surface area contributed by atoms with E-state index in [0.29, 0.717) is 11.4 Å². The van der Waals surface area contributed by atoms with Gasteiger partial charge in [-0.25, -0.2) is 0 Å². The first-order valence-corrected chi connectivity index (χ1v) is 6.42. The molecule has 0 aliphatic carbocycles. The average Bonchev–Trinajstić information content (AvgIpc) is 2.21. The lowest BCUT2D eigenvalue weighted by Gasteiger charge is -2.18. The molecule has 6 heteroatoms. The van der Waals surface area contributed by atoms with E-state index in [9.17, 15) is 0 Å². The van der Waals surface area contributed by atoms with Gasteiger partial charge in [0.15, 0.2) is 5.75 Å². The Balaban J connectivity index is 2.88. The van der Waals surface area contributed by atoms with Crippen molar-refractivity contribution >= 4 is 24.2 Å². The molecule has 0 aliphatic rings. The number of hydrogen-bond acceptors (Lipinski definition) is 5. The van der Waals surface area contributed by atoms with Crippen LogP contribution in [0.3, 0.4) is 0 Å². The summed E-state index contributed by atoms with van der Waals surface area (Å²) in [6, 6.07) is 7.05. The molecular formula is C8H12NO3PS. The monoisotopic (exact) mass is 233 g/mol. The van der Waals surface area contributed by atoms with Gasteiger partial charge in [-0.1, -0.05) is 12.1 Å². The number of benzene rings is 1. The molecule has 4 nitrogen and oxygen atoms in total. The molecule has 0 fully saturated rings. The standard InChI is InChI=1S/C8H12NO3PS/c1-10-13(14,11-2)12-8-6-4-3-5-7(8)9/h3-6H,9H2,1-2H3. The molecule has 0 atom stereocenters. The third kappa shape index (κ3) is 2.69. The first-order chi connectivity index (χ1) is 6.61. The third-order valence-electron chi connectivity index (χ3n) is 1.58. The van der Waals surface area contributed by atoms with Crippen LogP contribution in [-0.2, 0) is 20.9 Å². The summed E-state index contributed by atoms with van der Waals surface area (Å²) in [6.45, 7) is -2.68. The van der Waals surface area contributed by atoms with E-state index < -0.39 is 6.72 Å². The zero-order valence-corrected chi connectivity index (χ0v) is 9.68. The Morgan fingerprint density at radius 2 is 1.79 bits per heavy atom. The molecule has 0 unspecified atom stereocenters. The van der Waals surface area contributed by atoms with Gasteiger partial charge in [-0.05, 0) is 12.1 Å². The molecule has 0 saturated heterocycles. The molecule has 0 heterocycles. The van der Waals surface area contributed by atoms with Crippen molar-refractivity contribution in [3.05, 3.63) is 24.3 Å². The highest BCUT2D eigenvalue weighted by molar-refractivity contribution is 8.07. The molecule has 1 aromatic carbocycles. The van der Waals surface area contributed by atoms with Crippen molar-refractivity contribution < 1.29 is 13.6 Å². The second kappa shape index (κ2) is 4.75. The summed E-state index contributed by atoms with van der Waals surface area (Å²) in [5, 5.41) is 0. The van der Waals surface area contributed by atoms with Gasteiger partial charge in [0.05, 0.1) is 5.69 Å². The fourth-order valence-electron chi connectivity index (χ4n) is 0.833. The van der Waals surface area contributed by atoms with Crippen molar-refractivity contribution in [2.45, 2.75) is 0 Å². The number of para-hydroxylation sites is 2. The fourth-order valence-corrected chi connectivity index (χ4v) is 1.78. The van der Waals surface area contributed by atoms with Crippen molar-refractivity contribution in [3.63, 3.8) is 0 Å². The van der Waals surface area contributed by atoms with E-state index in [4.69, 9.17) is 31.1 Å². The summed E-state index contributed by atoms with van der Waals surface area (Å²) < 4.78 is 15.3. The highest BCUT2D eigenvalue weighted by atomic mass is 32.5. The van der Waals surface area contributed by atoms with Crippen LogP contribution in [0.25, 0.3) is 0 Å². The molecule has 1 rings (SSSR count). The smallest absolute Gasteiger partial charge is 0.380 e. The van der Waals surface area contributed by atoms with Crippen LogP contribution < -0.4 is 10.3 Å². The predicted molar refractivity (Wildman–Crippen MR) is 59.8 cm³/mol. The second-order valence-electron chi connectivity index (χ2n) is 2.44. The van der Waals surface area contributed by atoms with Gasteiger partial charge in [0, 0.05) is 26.0 Å². The van der Waals surface area contributed by atoms with Gasteiger partial charge >= 0.3 is 6.72 Å². The van der Waals surface area contributed by atoms with E-state index in [-0.39, 0.29) is 0 Å². The van der Waals surface area contributed by atoms with Gasteiger partial charge < -0.3 is 19.3 Å². The molecule has 0 saturated carbocycles. The van der Waals surface area contributed by atoms with Gasteiger partial charge in [0.1, 0.15) is 0 Å². The van der Waals surface area contributed by atoms with Gasteiger partial charge in [-0.15, -0.1) is 0 Å². The normalized spacial score (nSPS) is 11.3. The van der Waals surface area contributed by atoms with Crippen molar-refractivity contribution in [2.75, 3.05) is 20.0 Å². The predicted octanol–water partition coefficient (Wildman–Crippen LogP) is 2.16. The van der Waals surface area contributed by atoms with Crippen molar-refractivity contribution in [1.82, 2.24) is 0 Å². The van der Waals surface area contributed by atoms with E-state index in [0.717, 1.165) is 0 Å². The molecule has 0 amide bonds. The summed E-state index contributed by atoms with van der Waals surface area (Å²) >= 11 is 5.03. The first-order valence-electron chi connectivity index (χ1n) is 3.87. The second-order valence-corrected chi connectivity index (χ2v) is 5.59. The van der Waals surface area contributed by atoms with Crippen LogP contribution in [0.15, 0.2) is 24.3 Å². The van der Waals surface area contributed by atoms with Crippen LogP contribution >= 0.6 is 6.72 Å². The number of anilines is 1. The summed E-state index contributed by atoms with van der Waals surface area (Å²) in [5.74, 6) is 0.486. The molecule has 1 aromatic rings. The van der Waals surface area contributed by atoms with Crippen LogP contribution in [0, 0.1) is 0 Å². The Labute approximate surface area is 88.2 Å². The Morgan fingerprint density at radius 1 is 1.21 bits per heavy atom. The van der Waals surface area contributed by atoms with Gasteiger partial charge in [0.25, 0.3) is 0 Å². The summed E-state index contributed by atoms with van der Waals surface area (Å²) in [7, 11) is 2.90. The molecule has 0 spiro atoms. The molecule has 14 heavy (non-hydrogen) atoms. The highest BCUT2D eigenvalue weighted by Gasteiger charge is 2.19. The summed E-state index contributed by atoms with van der Waals surface area (Å²) in [4.78, 5) is 0. The highest BCUT2D eigenvalue weighted by Crippen LogP contribution is 2.49. The van der Waals surface area contributed by atoms with E-state index in [1.165, 1.54) is 14.2 Å². The zero-order chi connectivity index (χ0) is 10.6. The molecule has 0 radical (unpaired) electrons. The van der Waals surface area contributed by atoms with Gasteiger partial charge in [0.2, 0.25) is 0 Å². The van der Waals surface area contributed by atoms with Crippen LogP contribution in [-0.4, -0.2) is 14.2 Å². The number of nitrogen functional groups attached to an aromatic ring is 1. The molecule has 0 bridgehead atoms. The average molecular weight is 233 g/mol. The fraction of sp³-hybridized carbons (Fsp3) is 0.250. The quantitative estimate of drug-likeness (QED) is 0.638. The van der Waals surface area contributed by atoms with Crippen molar-refractivity contribution in [3.8, 4) is 5.75 Å². The lowest BCUT2D eigenvalue weighted by Crippen LogP contribution is -1.99. The van der Waals surface area contributed by atoms with Crippen LogP contribution in [0.1, 0.15) is 0 Å². The van der Waals surface area contributed by atoms with E-state index in [1.54, 1.807) is 18.2 Å². The van der Waals surface area contributed by atoms with Crippen molar-refractivity contribution in [2.24, 2.45) is 0 Å². The molecule has 78 valence electrons. The Morgan fingerprint density at radius 3 is 2.29 bits per heavy atom. The van der Waals surface area contributed by atoms with Crippen LogP contribution in [0.2, 0.25) is 0 Å². The van der Waals surface area contributed by atoms with E-state index in [2.05, 4.69) is 0 Å². The number of nitrogens with two attached hydrogens (primary N) is 1. The lowest BCUT2D eigenvalue weighted by atomic mass is 10.3. The first kappa shape index (κ1) is 11.5. The molecule has 2 N–H and O–H groups in total. The minimum absolute atomic E-state index is 0.486. The van der Waals surface area contributed by atoms with Crippen LogP contribution in [0.4, 0.5) is 5.69 Å². The topological polar surface area (TPSA) is 53.7 Å². The van der Waals surface area contributed by atoms with E-state index in [1.807, 2.05) is 6.07 Å². The molecule has 0 aromatic heterocycles. The molecule has 0 aliphatic heterocycles. The van der Waals surface area contributed by atoms with Crippen LogP contribution in [0.5, 0.6) is 5.75 Å². The van der Waals surface area contributed by atoms with Gasteiger partial charge in [-0.3, -0.25) is 0 Å². The minimum atomic E-state index is -2.68. The SMILES string of the molecule is COP(=S)(OC)Oc1ccccc1N. The third-order valence-corrected chi connectivity index (χ3v) is 4.01. The Bertz CT molecular complexity index is 350. The maximum absolute atomic E-state index is 5.67. The number of rotatable bonds is 4. The van der Waals surface area contributed by atoms with Gasteiger partial charge in [-0.2, -0.15) is 0 Å². The Kier molecular flexibility index (Phi) is 3.89. The Hall–Kier alpha value is -0.610. The summed E-state index contributed by atoms with van der Waals surface area (Å²) in [5.41, 5.74) is 6.18.